The molecule has 2 aromatic carbocycles. The van der Waals surface area contributed by atoms with E-state index in [1.54, 1.807) is 0 Å². The third-order valence-electron chi connectivity index (χ3n) is 5.02. The summed E-state index contributed by atoms with van der Waals surface area (Å²) in [5.41, 5.74) is 4.67. The van der Waals surface area contributed by atoms with Gasteiger partial charge in [-0.15, -0.1) is 0 Å². The van der Waals surface area contributed by atoms with Gasteiger partial charge in [-0.1, -0.05) is 36.4 Å². The van der Waals surface area contributed by atoms with E-state index < -0.39 is 0 Å². The Hall–Kier alpha value is -2.37. The Bertz CT molecular complexity index is 785. The van der Waals surface area contributed by atoms with Gasteiger partial charge in [0.1, 0.15) is 5.75 Å². The number of hydrogen-bond donors (Lipinski definition) is 1. The van der Waals surface area contributed by atoms with E-state index in [1.165, 1.54) is 5.56 Å². The van der Waals surface area contributed by atoms with E-state index in [0.29, 0.717) is 19.6 Å². The molecule has 28 heavy (non-hydrogen) atoms. The highest BCUT2D eigenvalue weighted by Gasteiger charge is 2.13. The third kappa shape index (κ3) is 6.08. The van der Waals surface area contributed by atoms with Crippen molar-refractivity contribution >= 4 is 5.91 Å². The summed E-state index contributed by atoms with van der Waals surface area (Å²) in [6, 6.07) is 14.4. The molecule has 0 aromatic heterocycles. The predicted molar refractivity (Wildman–Crippen MR) is 110 cm³/mol. The quantitative estimate of drug-likeness (QED) is 0.762. The standard InChI is InChI=1S/C23H30N2O3/c1-18-7-8-19(2)22(15-18)28-12-9-23(26)24-16-20-5-3-4-6-21(20)17-25-10-13-27-14-11-25/h3-8,15H,9-14,16-17H2,1-2H3,(H,24,26). The normalized spacial score (nSPS) is 14.6. The Labute approximate surface area is 167 Å². The van der Waals surface area contributed by atoms with E-state index in [1.807, 2.05) is 32.0 Å². The zero-order valence-electron chi connectivity index (χ0n) is 16.9. The lowest BCUT2D eigenvalue weighted by Crippen LogP contribution is -2.36. The summed E-state index contributed by atoms with van der Waals surface area (Å²) in [7, 11) is 0. The Morgan fingerprint density at radius 3 is 2.64 bits per heavy atom. The summed E-state index contributed by atoms with van der Waals surface area (Å²) >= 11 is 0. The second kappa shape index (κ2) is 10.2. The predicted octanol–water partition coefficient (Wildman–Crippen LogP) is 3.22. The van der Waals surface area contributed by atoms with E-state index in [-0.39, 0.29) is 5.91 Å². The molecule has 0 radical (unpaired) electrons. The van der Waals surface area contributed by atoms with Crippen molar-refractivity contribution in [1.29, 1.82) is 0 Å². The average Bonchev–Trinajstić information content (AvgIpc) is 2.71. The van der Waals surface area contributed by atoms with Gasteiger partial charge in [-0.2, -0.15) is 0 Å². The van der Waals surface area contributed by atoms with Gasteiger partial charge in [0.15, 0.2) is 0 Å². The lowest BCUT2D eigenvalue weighted by molar-refractivity contribution is -0.121. The molecule has 1 heterocycles. The van der Waals surface area contributed by atoms with E-state index >= 15 is 0 Å². The number of nitrogens with one attached hydrogen (secondary N) is 1. The van der Waals surface area contributed by atoms with Gasteiger partial charge in [-0.05, 0) is 42.2 Å². The fourth-order valence-corrected chi connectivity index (χ4v) is 3.28. The summed E-state index contributed by atoms with van der Waals surface area (Å²) in [6.07, 6.45) is 0.346. The second-order valence-electron chi connectivity index (χ2n) is 7.30. The van der Waals surface area contributed by atoms with Gasteiger partial charge < -0.3 is 14.8 Å². The smallest absolute Gasteiger partial charge is 0.223 e. The van der Waals surface area contributed by atoms with Crippen molar-refractivity contribution < 1.29 is 14.3 Å². The van der Waals surface area contributed by atoms with E-state index in [4.69, 9.17) is 9.47 Å². The number of amides is 1. The molecule has 2 aromatic rings. The molecule has 5 heteroatoms. The number of rotatable bonds is 8. The lowest BCUT2D eigenvalue weighted by Gasteiger charge is -2.27. The molecule has 1 amide bonds. The highest BCUT2D eigenvalue weighted by Crippen LogP contribution is 2.19. The zero-order valence-corrected chi connectivity index (χ0v) is 16.9. The number of carbonyl (C=O) groups is 1. The highest BCUT2D eigenvalue weighted by atomic mass is 16.5. The monoisotopic (exact) mass is 382 g/mol. The number of ether oxygens (including phenoxy) is 2. The first-order valence-electron chi connectivity index (χ1n) is 9.95. The molecule has 1 saturated heterocycles. The number of hydrogen-bond acceptors (Lipinski definition) is 4. The van der Waals surface area contributed by atoms with Gasteiger partial charge in [0, 0.05) is 26.2 Å². The van der Waals surface area contributed by atoms with Crippen LogP contribution >= 0.6 is 0 Å². The first-order chi connectivity index (χ1) is 13.6. The first-order valence-corrected chi connectivity index (χ1v) is 9.95. The van der Waals surface area contributed by atoms with Crippen LogP contribution in [0.5, 0.6) is 5.75 Å². The van der Waals surface area contributed by atoms with Crippen LogP contribution < -0.4 is 10.1 Å². The van der Waals surface area contributed by atoms with E-state index in [2.05, 4.69) is 34.5 Å². The largest absolute Gasteiger partial charge is 0.493 e. The fraction of sp³-hybridized carbons (Fsp3) is 0.435. The summed E-state index contributed by atoms with van der Waals surface area (Å²) < 4.78 is 11.2. The van der Waals surface area contributed by atoms with Crippen molar-refractivity contribution in [3.8, 4) is 5.75 Å². The van der Waals surface area contributed by atoms with Crippen LogP contribution in [0.1, 0.15) is 28.7 Å². The van der Waals surface area contributed by atoms with Crippen LogP contribution in [0.25, 0.3) is 0 Å². The van der Waals surface area contributed by atoms with Crippen molar-refractivity contribution in [2.24, 2.45) is 0 Å². The van der Waals surface area contributed by atoms with Crippen LogP contribution in [-0.2, 0) is 22.6 Å². The Morgan fingerprint density at radius 1 is 1.11 bits per heavy atom. The first kappa shape index (κ1) is 20.4. The van der Waals surface area contributed by atoms with Gasteiger partial charge in [-0.3, -0.25) is 9.69 Å². The molecule has 0 saturated carbocycles. The number of benzene rings is 2. The molecule has 5 nitrogen and oxygen atoms in total. The molecule has 0 spiro atoms. The molecule has 1 aliphatic rings. The molecular formula is C23H30N2O3. The van der Waals surface area contributed by atoms with Crippen molar-refractivity contribution in [3.63, 3.8) is 0 Å². The summed E-state index contributed by atoms with van der Waals surface area (Å²) in [5.74, 6) is 0.857. The van der Waals surface area contributed by atoms with Crippen LogP contribution in [0.15, 0.2) is 42.5 Å². The van der Waals surface area contributed by atoms with Crippen LogP contribution in [0, 0.1) is 13.8 Å². The molecule has 1 fully saturated rings. The maximum atomic E-state index is 12.2. The van der Waals surface area contributed by atoms with Gasteiger partial charge >= 0.3 is 0 Å². The van der Waals surface area contributed by atoms with Gasteiger partial charge in [-0.25, -0.2) is 0 Å². The van der Waals surface area contributed by atoms with Gasteiger partial charge in [0.25, 0.3) is 0 Å². The van der Waals surface area contributed by atoms with Crippen molar-refractivity contribution in [3.05, 3.63) is 64.7 Å². The topological polar surface area (TPSA) is 50.8 Å². The average molecular weight is 383 g/mol. The van der Waals surface area contributed by atoms with Crippen LogP contribution in [-0.4, -0.2) is 43.7 Å². The maximum Gasteiger partial charge on any atom is 0.223 e. The minimum Gasteiger partial charge on any atom is -0.493 e. The molecule has 3 rings (SSSR count). The van der Waals surface area contributed by atoms with Gasteiger partial charge in [0.2, 0.25) is 5.91 Å². The summed E-state index contributed by atoms with van der Waals surface area (Å²) in [6.45, 7) is 9.36. The molecule has 1 aliphatic heterocycles. The highest BCUT2D eigenvalue weighted by molar-refractivity contribution is 5.76. The Morgan fingerprint density at radius 2 is 1.86 bits per heavy atom. The van der Waals surface area contributed by atoms with E-state index in [9.17, 15) is 4.79 Å². The molecule has 0 unspecified atom stereocenters. The molecular weight excluding hydrogens is 352 g/mol. The fourth-order valence-electron chi connectivity index (χ4n) is 3.28. The zero-order chi connectivity index (χ0) is 19.8. The second-order valence-corrected chi connectivity index (χ2v) is 7.30. The van der Waals surface area contributed by atoms with Crippen LogP contribution in [0.2, 0.25) is 0 Å². The number of nitrogens with zero attached hydrogens (tertiary/aromatic N) is 1. The molecule has 0 bridgehead atoms. The Balaban J connectivity index is 1.46. The maximum absolute atomic E-state index is 12.2. The van der Waals surface area contributed by atoms with E-state index in [0.717, 1.165) is 55.3 Å². The van der Waals surface area contributed by atoms with Gasteiger partial charge in [0.05, 0.1) is 26.2 Å². The minimum atomic E-state index is 0.00600. The minimum absolute atomic E-state index is 0.00600. The Kier molecular flexibility index (Phi) is 7.46. The molecule has 1 N–H and O–H groups in total. The number of aryl methyl sites for hydroxylation is 2. The van der Waals surface area contributed by atoms with Crippen molar-refractivity contribution in [1.82, 2.24) is 10.2 Å². The summed E-state index contributed by atoms with van der Waals surface area (Å²) in [5, 5.41) is 3.03. The number of carbonyl (C=O) groups excluding carboxylic acids is 1. The molecule has 0 aliphatic carbocycles. The van der Waals surface area contributed by atoms with Crippen LogP contribution in [0.4, 0.5) is 0 Å². The van der Waals surface area contributed by atoms with Crippen LogP contribution in [0.3, 0.4) is 0 Å². The van der Waals surface area contributed by atoms with Crippen molar-refractivity contribution in [2.45, 2.75) is 33.4 Å². The number of morpholine rings is 1. The third-order valence-corrected chi connectivity index (χ3v) is 5.02. The summed E-state index contributed by atoms with van der Waals surface area (Å²) in [4.78, 5) is 14.6. The molecule has 150 valence electrons. The lowest BCUT2D eigenvalue weighted by atomic mass is 10.1. The molecule has 0 atom stereocenters. The van der Waals surface area contributed by atoms with Crippen molar-refractivity contribution in [2.75, 3.05) is 32.9 Å². The SMILES string of the molecule is Cc1ccc(C)c(OCCC(=O)NCc2ccccc2CN2CCOCC2)c1.